The van der Waals surface area contributed by atoms with Crippen LogP contribution in [0.5, 0.6) is 0 Å². The number of benzene rings is 2. The lowest BCUT2D eigenvalue weighted by Crippen LogP contribution is -2.44. The number of aliphatic hydroxyl groups excluding tert-OH is 1. The second-order valence-corrected chi connectivity index (χ2v) is 8.25. The summed E-state index contributed by atoms with van der Waals surface area (Å²) in [6, 6.07) is 19.9. The minimum Gasteiger partial charge on any atom is -0.435 e. The van der Waals surface area contributed by atoms with Crippen LogP contribution in [0.25, 0.3) is 0 Å². The van der Waals surface area contributed by atoms with Crippen molar-refractivity contribution >= 4 is 5.97 Å². The summed E-state index contributed by atoms with van der Waals surface area (Å²) in [5, 5.41) is 11.3. The monoisotopic (exact) mass is 409 g/mol. The molecule has 3 atom stereocenters. The second kappa shape index (κ2) is 10.2. The molecule has 1 N–H and O–H groups in total. The summed E-state index contributed by atoms with van der Waals surface area (Å²) in [6.07, 6.45) is 3.47. The summed E-state index contributed by atoms with van der Waals surface area (Å²) < 4.78 is 11.2. The first kappa shape index (κ1) is 21.0. The van der Waals surface area contributed by atoms with E-state index in [1.165, 1.54) is 0 Å². The zero-order chi connectivity index (χ0) is 20.8. The summed E-state index contributed by atoms with van der Waals surface area (Å²) in [4.78, 5) is 14.9. The predicted molar refractivity (Wildman–Crippen MR) is 115 cm³/mol. The Morgan fingerprint density at radius 1 is 1.00 bits per heavy atom. The average Bonchev–Trinajstić information content (AvgIpc) is 3.24. The molecule has 5 nitrogen and oxygen atoms in total. The first-order chi connectivity index (χ1) is 14.7. The van der Waals surface area contributed by atoms with Crippen LogP contribution in [0.1, 0.15) is 49.1 Å². The number of carbonyl (C=O) groups is 1. The molecule has 0 bridgehead atoms. The van der Waals surface area contributed by atoms with Crippen molar-refractivity contribution in [2.45, 2.75) is 56.5 Å². The number of likely N-dealkylation sites (tertiary alicyclic amines) is 1. The number of ether oxygens (including phenoxy) is 2. The van der Waals surface area contributed by atoms with Crippen molar-refractivity contribution in [3.05, 3.63) is 71.8 Å². The van der Waals surface area contributed by atoms with Gasteiger partial charge in [-0.3, -0.25) is 9.69 Å². The van der Waals surface area contributed by atoms with Gasteiger partial charge in [0, 0.05) is 18.9 Å². The van der Waals surface area contributed by atoms with Crippen molar-refractivity contribution in [3.8, 4) is 0 Å². The highest BCUT2D eigenvalue weighted by Crippen LogP contribution is 2.30. The molecule has 0 spiro atoms. The van der Waals surface area contributed by atoms with Crippen LogP contribution in [0.2, 0.25) is 0 Å². The van der Waals surface area contributed by atoms with E-state index in [0.717, 1.165) is 49.8 Å². The number of hydrogen-bond donors (Lipinski definition) is 1. The quantitative estimate of drug-likeness (QED) is 0.707. The van der Waals surface area contributed by atoms with E-state index in [0.29, 0.717) is 13.2 Å². The van der Waals surface area contributed by atoms with Gasteiger partial charge < -0.3 is 14.6 Å². The van der Waals surface area contributed by atoms with E-state index < -0.39 is 12.4 Å². The van der Waals surface area contributed by atoms with Gasteiger partial charge in [0.1, 0.15) is 6.04 Å². The zero-order valence-electron chi connectivity index (χ0n) is 17.4. The van der Waals surface area contributed by atoms with Gasteiger partial charge in [-0.15, -0.1) is 0 Å². The van der Waals surface area contributed by atoms with Gasteiger partial charge in [0.2, 0.25) is 6.29 Å². The van der Waals surface area contributed by atoms with Crippen molar-refractivity contribution < 1.29 is 19.4 Å². The number of carbonyl (C=O) groups excluding carboxylic acids is 1. The highest BCUT2D eigenvalue weighted by atomic mass is 16.7. The fraction of sp³-hybridized carbons (Fsp3) is 0.480. The Balaban J connectivity index is 1.46. The minimum atomic E-state index is -0.630. The number of β-amino-alcohol motifs (C(OH)–C–C–N with tert-alkyl or cyclic N) is 1. The van der Waals surface area contributed by atoms with Crippen molar-refractivity contribution in [1.82, 2.24) is 4.90 Å². The summed E-state index contributed by atoms with van der Waals surface area (Å²) in [6.45, 7) is 1.87. The molecule has 2 aliphatic rings. The van der Waals surface area contributed by atoms with Crippen molar-refractivity contribution in [1.29, 1.82) is 0 Å². The molecule has 2 aromatic carbocycles. The van der Waals surface area contributed by atoms with Gasteiger partial charge in [-0.25, -0.2) is 0 Å². The van der Waals surface area contributed by atoms with E-state index in [2.05, 4.69) is 29.2 Å². The lowest BCUT2D eigenvalue weighted by atomic mass is 9.86. The molecule has 2 aliphatic heterocycles. The Hall–Kier alpha value is -2.21. The van der Waals surface area contributed by atoms with Crippen LogP contribution in [0.3, 0.4) is 0 Å². The van der Waals surface area contributed by atoms with Gasteiger partial charge in [-0.1, -0.05) is 60.7 Å². The summed E-state index contributed by atoms with van der Waals surface area (Å²) in [7, 11) is 0. The van der Waals surface area contributed by atoms with Gasteiger partial charge in [-0.05, 0) is 43.4 Å². The van der Waals surface area contributed by atoms with Crippen LogP contribution in [0, 0.1) is 0 Å². The van der Waals surface area contributed by atoms with E-state index >= 15 is 0 Å². The smallest absolute Gasteiger partial charge is 0.325 e. The molecule has 2 saturated heterocycles. The third-order valence-corrected chi connectivity index (χ3v) is 6.14. The van der Waals surface area contributed by atoms with E-state index in [-0.39, 0.29) is 17.9 Å². The zero-order valence-corrected chi connectivity index (χ0v) is 17.4. The molecular formula is C25H31NO4. The SMILES string of the molecule is O=C(OC1CCCCO1)[C@@H]1CCCN1CC(O)C(c1ccccc1)c1ccccc1. The topological polar surface area (TPSA) is 59.0 Å². The fourth-order valence-corrected chi connectivity index (χ4v) is 4.63. The standard InChI is InChI=1S/C25H31NO4/c27-22(24(19-10-3-1-4-11-19)20-12-5-2-6-13-20)18-26-16-9-14-21(26)25(28)30-23-15-7-8-17-29-23/h1-6,10-13,21-24,27H,7-9,14-18H2/t21-,22?,23?/m0/s1. The molecule has 2 fully saturated rings. The molecule has 0 radical (unpaired) electrons. The maximum absolute atomic E-state index is 12.8. The second-order valence-electron chi connectivity index (χ2n) is 8.25. The Morgan fingerprint density at radius 2 is 1.67 bits per heavy atom. The normalized spacial score (nSPS) is 23.4. The molecule has 5 heteroatoms. The van der Waals surface area contributed by atoms with Crippen LogP contribution in [-0.2, 0) is 14.3 Å². The number of aliphatic hydroxyl groups is 1. The molecule has 4 rings (SSSR count). The number of hydrogen-bond acceptors (Lipinski definition) is 5. The maximum atomic E-state index is 12.8. The van der Waals surface area contributed by atoms with Crippen LogP contribution in [-0.4, -0.2) is 54.1 Å². The highest BCUT2D eigenvalue weighted by Gasteiger charge is 2.36. The summed E-state index contributed by atoms with van der Waals surface area (Å²) in [5.74, 6) is -0.367. The van der Waals surface area contributed by atoms with Gasteiger partial charge >= 0.3 is 5.97 Å². The molecule has 2 aromatic rings. The molecule has 0 aliphatic carbocycles. The molecule has 2 unspecified atom stereocenters. The predicted octanol–water partition coefficient (Wildman–Crippen LogP) is 3.71. The third kappa shape index (κ3) is 5.09. The maximum Gasteiger partial charge on any atom is 0.325 e. The van der Waals surface area contributed by atoms with Crippen LogP contribution < -0.4 is 0 Å². The van der Waals surface area contributed by atoms with Gasteiger partial charge in [0.15, 0.2) is 0 Å². The highest BCUT2D eigenvalue weighted by molar-refractivity contribution is 5.76. The van der Waals surface area contributed by atoms with Crippen molar-refractivity contribution in [2.24, 2.45) is 0 Å². The molecule has 30 heavy (non-hydrogen) atoms. The Bertz CT molecular complexity index is 752. The van der Waals surface area contributed by atoms with Gasteiger partial charge in [0.25, 0.3) is 0 Å². The Kier molecular flexibility index (Phi) is 7.16. The first-order valence-corrected chi connectivity index (χ1v) is 11.1. The molecule has 160 valence electrons. The average molecular weight is 410 g/mol. The Labute approximate surface area is 178 Å². The van der Waals surface area contributed by atoms with E-state index in [9.17, 15) is 9.90 Å². The largest absolute Gasteiger partial charge is 0.435 e. The lowest BCUT2D eigenvalue weighted by molar-refractivity contribution is -0.191. The third-order valence-electron chi connectivity index (χ3n) is 6.14. The Morgan fingerprint density at radius 3 is 2.27 bits per heavy atom. The van der Waals surface area contributed by atoms with Crippen LogP contribution >= 0.6 is 0 Å². The van der Waals surface area contributed by atoms with E-state index in [1.54, 1.807) is 0 Å². The number of rotatable bonds is 7. The van der Waals surface area contributed by atoms with Crippen molar-refractivity contribution in [2.75, 3.05) is 19.7 Å². The molecular weight excluding hydrogens is 378 g/mol. The van der Waals surface area contributed by atoms with E-state index in [1.807, 2.05) is 36.4 Å². The summed E-state index contributed by atoms with van der Waals surface area (Å²) >= 11 is 0. The number of esters is 1. The lowest BCUT2D eigenvalue weighted by Gasteiger charge is -2.31. The molecule has 0 aromatic heterocycles. The minimum absolute atomic E-state index is 0.147. The first-order valence-electron chi connectivity index (χ1n) is 11.1. The molecule has 2 heterocycles. The van der Waals surface area contributed by atoms with Crippen molar-refractivity contribution in [3.63, 3.8) is 0 Å². The van der Waals surface area contributed by atoms with Crippen LogP contribution in [0.15, 0.2) is 60.7 Å². The van der Waals surface area contributed by atoms with E-state index in [4.69, 9.17) is 9.47 Å². The molecule has 0 amide bonds. The fourth-order valence-electron chi connectivity index (χ4n) is 4.63. The summed E-state index contributed by atoms with van der Waals surface area (Å²) in [5.41, 5.74) is 2.15. The van der Waals surface area contributed by atoms with Gasteiger partial charge in [0.05, 0.1) is 12.7 Å². The molecule has 0 saturated carbocycles. The van der Waals surface area contributed by atoms with Gasteiger partial charge in [-0.2, -0.15) is 0 Å². The number of nitrogens with zero attached hydrogens (tertiary/aromatic N) is 1. The van der Waals surface area contributed by atoms with Crippen LogP contribution in [0.4, 0.5) is 0 Å².